The molecule has 3 rings (SSSR count). The van der Waals surface area contributed by atoms with E-state index < -0.39 is 0 Å². The minimum Gasteiger partial charge on any atom is -0.295 e. The smallest absolute Gasteiger partial charge is 0.159 e. The van der Waals surface area contributed by atoms with Crippen molar-refractivity contribution in [1.82, 2.24) is 0 Å². The molecule has 1 fully saturated rings. The summed E-state index contributed by atoms with van der Waals surface area (Å²) < 4.78 is 0. The second-order valence-corrected chi connectivity index (χ2v) is 5.39. The maximum Gasteiger partial charge on any atom is 0.159 e. The van der Waals surface area contributed by atoms with Gasteiger partial charge in [0.2, 0.25) is 0 Å². The van der Waals surface area contributed by atoms with Crippen LogP contribution in [0.3, 0.4) is 0 Å². The van der Waals surface area contributed by atoms with Crippen molar-refractivity contribution in [3.63, 3.8) is 0 Å². The fraction of sp³-hybridized carbons (Fsp3) is 0.750. The highest BCUT2D eigenvalue weighted by atomic mass is 16.1. The number of carbonyl (C=O) groups is 1. The molecule has 13 heavy (non-hydrogen) atoms. The molecule has 0 saturated heterocycles. The molecule has 1 heteroatoms. The molecule has 0 aromatic carbocycles. The average Bonchev–Trinajstić information content (AvgIpc) is 2.52. The Kier molecular flexibility index (Phi) is 1.24. The third kappa shape index (κ3) is 0.806. The lowest BCUT2D eigenvalue weighted by molar-refractivity contribution is -0.116. The van der Waals surface area contributed by atoms with Gasteiger partial charge in [-0.3, -0.25) is 4.79 Å². The van der Waals surface area contributed by atoms with E-state index >= 15 is 0 Å². The van der Waals surface area contributed by atoms with Crippen LogP contribution in [0.25, 0.3) is 0 Å². The SMILES string of the molecule is CC1(C)C2CC(=O)C3=C(CCC3)C21. The zero-order valence-corrected chi connectivity index (χ0v) is 8.39. The molecule has 0 N–H and O–H groups in total. The molecule has 3 aliphatic carbocycles. The van der Waals surface area contributed by atoms with Crippen LogP contribution in [-0.4, -0.2) is 5.78 Å². The van der Waals surface area contributed by atoms with Gasteiger partial charge in [-0.25, -0.2) is 0 Å². The first kappa shape index (κ1) is 7.78. The van der Waals surface area contributed by atoms with Gasteiger partial charge in [0.1, 0.15) is 0 Å². The van der Waals surface area contributed by atoms with E-state index in [-0.39, 0.29) is 0 Å². The van der Waals surface area contributed by atoms with Crippen LogP contribution in [0.2, 0.25) is 0 Å². The Morgan fingerprint density at radius 1 is 1.31 bits per heavy atom. The Hall–Kier alpha value is -0.590. The molecule has 2 unspecified atom stereocenters. The van der Waals surface area contributed by atoms with Crippen LogP contribution in [0.5, 0.6) is 0 Å². The molecule has 0 spiro atoms. The van der Waals surface area contributed by atoms with Crippen molar-refractivity contribution in [3.8, 4) is 0 Å². The molecule has 70 valence electrons. The Morgan fingerprint density at radius 2 is 2.08 bits per heavy atom. The predicted octanol–water partition coefficient (Wildman–Crippen LogP) is 2.71. The van der Waals surface area contributed by atoms with Crippen molar-refractivity contribution in [2.45, 2.75) is 39.5 Å². The summed E-state index contributed by atoms with van der Waals surface area (Å²) in [6, 6.07) is 0. The van der Waals surface area contributed by atoms with Gasteiger partial charge in [-0.1, -0.05) is 19.4 Å². The quantitative estimate of drug-likeness (QED) is 0.554. The largest absolute Gasteiger partial charge is 0.295 e. The Labute approximate surface area is 79.2 Å². The van der Waals surface area contributed by atoms with Gasteiger partial charge in [-0.15, -0.1) is 0 Å². The van der Waals surface area contributed by atoms with Crippen LogP contribution in [0, 0.1) is 17.3 Å². The molecule has 1 nitrogen and oxygen atoms in total. The van der Waals surface area contributed by atoms with Crippen molar-refractivity contribution >= 4 is 5.78 Å². The van der Waals surface area contributed by atoms with E-state index in [2.05, 4.69) is 13.8 Å². The van der Waals surface area contributed by atoms with E-state index in [0.717, 1.165) is 18.8 Å². The number of rotatable bonds is 0. The lowest BCUT2D eigenvalue weighted by Gasteiger charge is -2.11. The summed E-state index contributed by atoms with van der Waals surface area (Å²) in [6.07, 6.45) is 4.37. The van der Waals surface area contributed by atoms with Gasteiger partial charge in [0.25, 0.3) is 0 Å². The Morgan fingerprint density at radius 3 is 2.85 bits per heavy atom. The van der Waals surface area contributed by atoms with E-state index in [4.69, 9.17) is 0 Å². The zero-order valence-electron chi connectivity index (χ0n) is 8.39. The van der Waals surface area contributed by atoms with E-state index in [1.807, 2.05) is 0 Å². The normalized spacial score (nSPS) is 40.3. The van der Waals surface area contributed by atoms with E-state index in [0.29, 0.717) is 17.1 Å². The van der Waals surface area contributed by atoms with Gasteiger partial charge in [0, 0.05) is 6.42 Å². The molecular weight excluding hydrogens is 160 g/mol. The fourth-order valence-electron chi connectivity index (χ4n) is 3.57. The van der Waals surface area contributed by atoms with E-state index in [1.54, 1.807) is 5.57 Å². The average molecular weight is 176 g/mol. The van der Waals surface area contributed by atoms with Crippen molar-refractivity contribution in [3.05, 3.63) is 11.1 Å². The van der Waals surface area contributed by atoms with Crippen LogP contribution in [-0.2, 0) is 4.79 Å². The van der Waals surface area contributed by atoms with Gasteiger partial charge < -0.3 is 0 Å². The molecule has 0 bridgehead atoms. The van der Waals surface area contributed by atoms with Crippen LogP contribution in [0.4, 0.5) is 0 Å². The molecule has 0 radical (unpaired) electrons. The number of fused-ring (bicyclic) bond motifs is 2. The summed E-state index contributed by atoms with van der Waals surface area (Å²) in [5.41, 5.74) is 3.22. The van der Waals surface area contributed by atoms with Gasteiger partial charge in [-0.2, -0.15) is 0 Å². The first-order valence-corrected chi connectivity index (χ1v) is 5.37. The Bertz CT molecular complexity index is 322. The zero-order chi connectivity index (χ0) is 9.22. The number of carbonyl (C=O) groups excluding carboxylic acids is 1. The molecule has 1 saturated carbocycles. The number of hydrogen-bond acceptors (Lipinski definition) is 1. The second kappa shape index (κ2) is 2.08. The standard InChI is InChI=1S/C12H16O/c1-12(2)9-6-10(13)7-4-3-5-8(7)11(9)12/h9,11H,3-6H2,1-2H3. The molecule has 0 aliphatic heterocycles. The summed E-state index contributed by atoms with van der Waals surface area (Å²) in [7, 11) is 0. The summed E-state index contributed by atoms with van der Waals surface area (Å²) in [5, 5.41) is 0. The summed E-state index contributed by atoms with van der Waals surface area (Å²) in [5.74, 6) is 1.94. The second-order valence-electron chi connectivity index (χ2n) is 5.39. The van der Waals surface area contributed by atoms with E-state index in [9.17, 15) is 4.79 Å². The molecule has 2 atom stereocenters. The van der Waals surface area contributed by atoms with E-state index in [1.165, 1.54) is 18.4 Å². The summed E-state index contributed by atoms with van der Waals surface area (Å²) >= 11 is 0. The third-order valence-corrected chi connectivity index (χ3v) is 4.43. The van der Waals surface area contributed by atoms with Crippen molar-refractivity contribution in [2.75, 3.05) is 0 Å². The minimum atomic E-state index is 0.442. The first-order valence-electron chi connectivity index (χ1n) is 5.37. The van der Waals surface area contributed by atoms with Gasteiger partial charge >= 0.3 is 0 Å². The fourth-order valence-corrected chi connectivity index (χ4v) is 3.57. The lowest BCUT2D eigenvalue weighted by Crippen LogP contribution is -2.09. The molecule has 0 heterocycles. The van der Waals surface area contributed by atoms with Crippen LogP contribution >= 0.6 is 0 Å². The number of ketones is 1. The van der Waals surface area contributed by atoms with Gasteiger partial charge in [0.05, 0.1) is 0 Å². The first-order chi connectivity index (χ1) is 6.12. The topological polar surface area (TPSA) is 17.1 Å². The minimum absolute atomic E-state index is 0.442. The number of hydrogen-bond donors (Lipinski definition) is 0. The highest BCUT2D eigenvalue weighted by Crippen LogP contribution is 2.67. The molecule has 0 aromatic rings. The maximum atomic E-state index is 11.7. The molecule has 0 amide bonds. The number of allylic oxidation sites excluding steroid dienone is 2. The van der Waals surface area contributed by atoms with Gasteiger partial charge in [0.15, 0.2) is 5.78 Å². The monoisotopic (exact) mass is 176 g/mol. The maximum absolute atomic E-state index is 11.7. The van der Waals surface area contributed by atoms with Crippen molar-refractivity contribution in [2.24, 2.45) is 17.3 Å². The molecular formula is C12H16O. The summed E-state index contributed by atoms with van der Waals surface area (Å²) in [4.78, 5) is 11.7. The van der Waals surface area contributed by atoms with Crippen molar-refractivity contribution < 1.29 is 4.79 Å². The Balaban J connectivity index is 2.05. The highest BCUT2D eigenvalue weighted by Gasteiger charge is 2.62. The van der Waals surface area contributed by atoms with Gasteiger partial charge in [-0.05, 0) is 42.1 Å². The van der Waals surface area contributed by atoms with Crippen molar-refractivity contribution in [1.29, 1.82) is 0 Å². The van der Waals surface area contributed by atoms with Crippen LogP contribution in [0.1, 0.15) is 39.5 Å². The lowest BCUT2D eigenvalue weighted by atomic mass is 9.93. The molecule has 3 aliphatic rings. The van der Waals surface area contributed by atoms with Crippen LogP contribution < -0.4 is 0 Å². The predicted molar refractivity (Wildman–Crippen MR) is 51.3 cm³/mol. The van der Waals surface area contributed by atoms with Crippen LogP contribution in [0.15, 0.2) is 11.1 Å². The number of Topliss-reactive ketones (excluding diaryl/α,β-unsaturated/α-hetero) is 1. The third-order valence-electron chi connectivity index (χ3n) is 4.43. The highest BCUT2D eigenvalue weighted by molar-refractivity contribution is 5.98. The summed E-state index contributed by atoms with van der Waals surface area (Å²) in [6.45, 7) is 4.65. The molecule has 0 aromatic heterocycles.